The molecule has 0 aliphatic rings. The third kappa shape index (κ3) is 5.44. The van der Waals surface area contributed by atoms with Crippen molar-refractivity contribution >= 4 is 29.2 Å². The summed E-state index contributed by atoms with van der Waals surface area (Å²) in [5.41, 5.74) is 0. The summed E-state index contributed by atoms with van der Waals surface area (Å²) in [5.74, 6) is 4.24. The average Bonchev–Trinajstić information content (AvgIpc) is 2.28. The van der Waals surface area contributed by atoms with Gasteiger partial charge in [-0.05, 0) is 24.9 Å². The summed E-state index contributed by atoms with van der Waals surface area (Å²) >= 11 is 7.97. The van der Waals surface area contributed by atoms with Gasteiger partial charge in [0, 0.05) is 18.0 Å². The minimum Gasteiger partial charge on any atom is -0.367 e. The van der Waals surface area contributed by atoms with Gasteiger partial charge in [0.15, 0.2) is 0 Å². The lowest BCUT2D eigenvalue weighted by Gasteiger charge is -2.15. The standard InChI is InChI=1S/C13H22ClN3S/c1-5-18-7-6-10(4)15-12-8-11(14)16-13(17-12)9(2)3/h8-10H,5-7H2,1-4H3,(H,15,16,17). The first-order chi connectivity index (χ1) is 8.52. The molecule has 0 amide bonds. The summed E-state index contributed by atoms with van der Waals surface area (Å²) in [6, 6.07) is 2.19. The number of halogens is 1. The van der Waals surface area contributed by atoms with Crippen LogP contribution in [0.4, 0.5) is 5.82 Å². The second-order valence-corrected chi connectivity index (χ2v) is 6.40. The van der Waals surface area contributed by atoms with Gasteiger partial charge in [0.05, 0.1) is 0 Å². The monoisotopic (exact) mass is 287 g/mol. The topological polar surface area (TPSA) is 37.8 Å². The van der Waals surface area contributed by atoms with Gasteiger partial charge >= 0.3 is 0 Å². The Morgan fingerprint density at radius 1 is 1.33 bits per heavy atom. The average molecular weight is 288 g/mol. The second kappa shape index (κ2) is 7.85. The number of rotatable bonds is 7. The molecule has 1 rings (SSSR count). The van der Waals surface area contributed by atoms with E-state index >= 15 is 0 Å². The van der Waals surface area contributed by atoms with Crippen molar-refractivity contribution < 1.29 is 0 Å². The van der Waals surface area contributed by atoms with Crippen molar-refractivity contribution in [3.8, 4) is 0 Å². The number of anilines is 1. The molecule has 0 aliphatic heterocycles. The van der Waals surface area contributed by atoms with E-state index in [9.17, 15) is 0 Å². The van der Waals surface area contributed by atoms with Crippen LogP contribution in [-0.4, -0.2) is 27.5 Å². The highest BCUT2D eigenvalue weighted by molar-refractivity contribution is 7.99. The van der Waals surface area contributed by atoms with E-state index in [4.69, 9.17) is 11.6 Å². The Morgan fingerprint density at radius 2 is 2.06 bits per heavy atom. The largest absolute Gasteiger partial charge is 0.367 e. The normalized spacial score (nSPS) is 12.8. The summed E-state index contributed by atoms with van der Waals surface area (Å²) in [7, 11) is 0. The molecule has 0 aliphatic carbocycles. The Kier molecular flexibility index (Phi) is 6.79. The van der Waals surface area contributed by atoms with Gasteiger partial charge in [-0.15, -0.1) is 0 Å². The first kappa shape index (κ1) is 15.6. The maximum Gasteiger partial charge on any atom is 0.135 e. The summed E-state index contributed by atoms with van der Waals surface area (Å²) in [6.45, 7) is 8.48. The first-order valence-electron chi connectivity index (χ1n) is 6.41. The van der Waals surface area contributed by atoms with Crippen LogP contribution in [0.15, 0.2) is 6.07 Å². The van der Waals surface area contributed by atoms with E-state index in [0.717, 1.165) is 18.1 Å². The molecular weight excluding hydrogens is 266 g/mol. The lowest BCUT2D eigenvalue weighted by Crippen LogP contribution is -2.17. The third-order valence-corrected chi connectivity index (χ3v) is 3.65. The number of nitrogens with one attached hydrogen (secondary N) is 1. The molecule has 18 heavy (non-hydrogen) atoms. The van der Waals surface area contributed by atoms with Crippen LogP contribution >= 0.6 is 23.4 Å². The number of hydrogen-bond donors (Lipinski definition) is 1. The van der Waals surface area contributed by atoms with Gasteiger partial charge in [-0.2, -0.15) is 11.8 Å². The predicted octanol–water partition coefficient (Wildman–Crippen LogP) is 4.20. The quantitative estimate of drug-likeness (QED) is 0.602. The van der Waals surface area contributed by atoms with Crippen molar-refractivity contribution in [2.75, 3.05) is 16.8 Å². The van der Waals surface area contributed by atoms with Gasteiger partial charge in [0.25, 0.3) is 0 Å². The SMILES string of the molecule is CCSCCC(C)Nc1cc(Cl)nc(C(C)C)n1. The molecule has 0 bridgehead atoms. The molecule has 1 aromatic heterocycles. The number of hydrogen-bond acceptors (Lipinski definition) is 4. The van der Waals surface area contributed by atoms with Crippen molar-refractivity contribution in [1.29, 1.82) is 0 Å². The van der Waals surface area contributed by atoms with Crippen molar-refractivity contribution in [1.82, 2.24) is 9.97 Å². The van der Waals surface area contributed by atoms with Gasteiger partial charge in [0.2, 0.25) is 0 Å². The highest BCUT2D eigenvalue weighted by Gasteiger charge is 2.09. The van der Waals surface area contributed by atoms with Gasteiger partial charge in [-0.1, -0.05) is 32.4 Å². The van der Waals surface area contributed by atoms with Crippen molar-refractivity contribution in [3.05, 3.63) is 17.0 Å². The van der Waals surface area contributed by atoms with Gasteiger partial charge in [-0.25, -0.2) is 9.97 Å². The predicted molar refractivity (Wildman–Crippen MR) is 81.8 cm³/mol. The fourth-order valence-electron chi connectivity index (χ4n) is 1.50. The number of aromatic nitrogens is 2. The van der Waals surface area contributed by atoms with Crippen molar-refractivity contribution in [3.63, 3.8) is 0 Å². The zero-order valence-electron chi connectivity index (χ0n) is 11.5. The van der Waals surface area contributed by atoms with Gasteiger partial charge in [-0.3, -0.25) is 0 Å². The summed E-state index contributed by atoms with van der Waals surface area (Å²) in [6.07, 6.45) is 1.12. The van der Waals surface area contributed by atoms with E-state index in [1.54, 1.807) is 6.07 Å². The fourth-order valence-corrected chi connectivity index (χ4v) is 2.50. The number of nitrogens with zero attached hydrogens (tertiary/aromatic N) is 2. The summed E-state index contributed by atoms with van der Waals surface area (Å²) < 4.78 is 0. The summed E-state index contributed by atoms with van der Waals surface area (Å²) in [5, 5.41) is 3.89. The van der Waals surface area contributed by atoms with Crippen LogP contribution in [-0.2, 0) is 0 Å². The molecule has 0 saturated carbocycles. The van der Waals surface area contributed by atoms with Gasteiger partial charge in [0.1, 0.15) is 16.8 Å². The zero-order valence-corrected chi connectivity index (χ0v) is 13.1. The highest BCUT2D eigenvalue weighted by atomic mass is 35.5. The molecular formula is C13H22ClN3S. The van der Waals surface area contributed by atoms with Crippen LogP contribution in [0.5, 0.6) is 0 Å². The van der Waals surface area contributed by atoms with E-state index in [2.05, 4.69) is 43.0 Å². The maximum atomic E-state index is 6.01. The molecule has 0 spiro atoms. The molecule has 3 nitrogen and oxygen atoms in total. The van der Waals surface area contributed by atoms with Crippen molar-refractivity contribution in [2.24, 2.45) is 0 Å². The summed E-state index contributed by atoms with van der Waals surface area (Å²) in [4.78, 5) is 8.71. The molecule has 0 radical (unpaired) electrons. The lowest BCUT2D eigenvalue weighted by molar-refractivity contribution is 0.745. The molecule has 1 N–H and O–H groups in total. The highest BCUT2D eigenvalue weighted by Crippen LogP contribution is 2.18. The van der Waals surface area contributed by atoms with E-state index in [0.29, 0.717) is 11.2 Å². The fraction of sp³-hybridized carbons (Fsp3) is 0.692. The minimum absolute atomic E-state index is 0.287. The van der Waals surface area contributed by atoms with Crippen LogP contribution in [0.25, 0.3) is 0 Å². The molecule has 102 valence electrons. The molecule has 1 aromatic rings. The zero-order chi connectivity index (χ0) is 13.5. The Hall–Kier alpha value is -0.480. The smallest absolute Gasteiger partial charge is 0.135 e. The molecule has 0 fully saturated rings. The van der Waals surface area contributed by atoms with Crippen LogP contribution in [0.1, 0.15) is 45.9 Å². The maximum absolute atomic E-state index is 6.01. The van der Waals surface area contributed by atoms with Crippen molar-refractivity contribution in [2.45, 2.75) is 46.1 Å². The molecule has 0 aromatic carbocycles. The molecule has 1 atom stereocenters. The first-order valence-corrected chi connectivity index (χ1v) is 7.95. The van der Waals surface area contributed by atoms with E-state index < -0.39 is 0 Å². The van der Waals surface area contributed by atoms with Crippen LogP contribution in [0, 0.1) is 0 Å². The van der Waals surface area contributed by atoms with E-state index in [-0.39, 0.29) is 5.92 Å². The Labute approximate surface area is 119 Å². The molecule has 0 saturated heterocycles. The molecule has 1 heterocycles. The lowest BCUT2D eigenvalue weighted by atomic mass is 10.2. The Balaban J connectivity index is 2.60. The molecule has 1 unspecified atom stereocenters. The van der Waals surface area contributed by atoms with E-state index in [1.807, 2.05) is 11.8 Å². The second-order valence-electron chi connectivity index (χ2n) is 4.62. The Bertz CT molecular complexity index is 371. The Morgan fingerprint density at radius 3 is 2.67 bits per heavy atom. The van der Waals surface area contributed by atoms with Crippen LogP contribution in [0.2, 0.25) is 5.15 Å². The number of thioether (sulfide) groups is 1. The third-order valence-electron chi connectivity index (χ3n) is 2.52. The van der Waals surface area contributed by atoms with Gasteiger partial charge < -0.3 is 5.32 Å². The van der Waals surface area contributed by atoms with Crippen LogP contribution in [0.3, 0.4) is 0 Å². The minimum atomic E-state index is 0.287. The van der Waals surface area contributed by atoms with Crippen LogP contribution < -0.4 is 5.32 Å². The molecule has 5 heteroatoms. The van der Waals surface area contributed by atoms with E-state index in [1.165, 1.54) is 11.5 Å².